The molecule has 1 aliphatic rings. The Morgan fingerprint density at radius 1 is 1.31 bits per heavy atom. The van der Waals surface area contributed by atoms with E-state index in [0.717, 1.165) is 19.4 Å². The van der Waals surface area contributed by atoms with Gasteiger partial charge in [0.15, 0.2) is 0 Å². The molecule has 2 unspecified atom stereocenters. The second-order valence-electron chi connectivity index (χ2n) is 4.95. The normalized spacial score (nSPS) is 27.7. The smallest absolute Gasteiger partial charge is 0.0846 e. The van der Waals surface area contributed by atoms with Crippen LogP contribution in [0.2, 0.25) is 0 Å². The van der Waals surface area contributed by atoms with Crippen LogP contribution in [0.15, 0.2) is 24.3 Å². The van der Waals surface area contributed by atoms with Crippen LogP contribution < -0.4 is 5.73 Å². The molecular formula is C14H21NO. The molecule has 0 bridgehead atoms. The molecule has 2 rings (SSSR count). The lowest BCUT2D eigenvalue weighted by molar-refractivity contribution is -0.0821. The van der Waals surface area contributed by atoms with Crippen LogP contribution in [0.3, 0.4) is 0 Å². The van der Waals surface area contributed by atoms with E-state index in [2.05, 4.69) is 32.0 Å². The summed E-state index contributed by atoms with van der Waals surface area (Å²) in [4.78, 5) is 0. The monoisotopic (exact) mass is 219 g/mol. The summed E-state index contributed by atoms with van der Waals surface area (Å²) in [5.41, 5.74) is 8.66. The van der Waals surface area contributed by atoms with E-state index in [0.29, 0.717) is 0 Å². The van der Waals surface area contributed by atoms with Crippen LogP contribution in [0.5, 0.6) is 0 Å². The number of nitrogens with two attached hydrogens (primary N) is 1. The van der Waals surface area contributed by atoms with Crippen molar-refractivity contribution in [3.8, 4) is 0 Å². The molecule has 1 saturated heterocycles. The minimum Gasteiger partial charge on any atom is -0.373 e. The van der Waals surface area contributed by atoms with Crippen molar-refractivity contribution in [3.63, 3.8) is 0 Å². The zero-order valence-corrected chi connectivity index (χ0v) is 10.2. The molecule has 0 amide bonds. The number of ether oxygens (including phenoxy) is 1. The van der Waals surface area contributed by atoms with E-state index >= 15 is 0 Å². The van der Waals surface area contributed by atoms with Gasteiger partial charge in [0.25, 0.3) is 0 Å². The third kappa shape index (κ3) is 2.13. The standard InChI is InChI=1S/C14H21NO/c1-11-7-3-4-8-12(11)13(15)14(2)9-5-6-10-16-14/h3-4,7-8,13H,5-6,9-10,15H2,1-2H3. The van der Waals surface area contributed by atoms with Crippen molar-refractivity contribution in [1.29, 1.82) is 0 Å². The summed E-state index contributed by atoms with van der Waals surface area (Å²) in [7, 11) is 0. The van der Waals surface area contributed by atoms with Crippen molar-refractivity contribution >= 4 is 0 Å². The number of benzene rings is 1. The Kier molecular flexibility index (Phi) is 3.31. The predicted molar refractivity (Wildman–Crippen MR) is 66.3 cm³/mol. The molecule has 1 fully saturated rings. The van der Waals surface area contributed by atoms with Gasteiger partial charge in [-0.1, -0.05) is 24.3 Å². The first-order valence-electron chi connectivity index (χ1n) is 6.08. The van der Waals surface area contributed by atoms with Gasteiger partial charge in [-0.25, -0.2) is 0 Å². The van der Waals surface area contributed by atoms with E-state index in [4.69, 9.17) is 10.5 Å². The van der Waals surface area contributed by atoms with Crippen molar-refractivity contribution in [2.75, 3.05) is 6.61 Å². The van der Waals surface area contributed by atoms with E-state index in [1.165, 1.54) is 17.5 Å². The Morgan fingerprint density at radius 3 is 2.69 bits per heavy atom. The predicted octanol–water partition coefficient (Wildman–Crippen LogP) is 2.95. The summed E-state index contributed by atoms with van der Waals surface area (Å²) >= 11 is 0. The van der Waals surface area contributed by atoms with Gasteiger partial charge in [-0.05, 0) is 44.2 Å². The maximum Gasteiger partial charge on any atom is 0.0846 e. The lowest BCUT2D eigenvalue weighted by Gasteiger charge is -2.39. The van der Waals surface area contributed by atoms with Gasteiger partial charge in [0.1, 0.15) is 0 Å². The minimum atomic E-state index is -0.190. The Labute approximate surface area is 97.8 Å². The Morgan fingerprint density at radius 2 is 2.06 bits per heavy atom. The zero-order chi connectivity index (χ0) is 11.6. The fourth-order valence-corrected chi connectivity index (χ4v) is 2.47. The zero-order valence-electron chi connectivity index (χ0n) is 10.2. The van der Waals surface area contributed by atoms with Gasteiger partial charge >= 0.3 is 0 Å². The summed E-state index contributed by atoms with van der Waals surface area (Å²) in [6.45, 7) is 5.10. The maximum absolute atomic E-state index is 6.38. The number of rotatable bonds is 2. The molecule has 0 spiro atoms. The molecule has 0 radical (unpaired) electrons. The Hall–Kier alpha value is -0.860. The molecule has 0 aliphatic carbocycles. The second-order valence-corrected chi connectivity index (χ2v) is 4.95. The highest BCUT2D eigenvalue weighted by atomic mass is 16.5. The van der Waals surface area contributed by atoms with E-state index in [1.54, 1.807) is 0 Å². The van der Waals surface area contributed by atoms with Crippen molar-refractivity contribution in [1.82, 2.24) is 0 Å². The summed E-state index contributed by atoms with van der Waals surface area (Å²) in [6, 6.07) is 8.31. The quantitative estimate of drug-likeness (QED) is 0.830. The molecule has 2 atom stereocenters. The Balaban J connectivity index is 2.24. The van der Waals surface area contributed by atoms with Crippen molar-refractivity contribution < 1.29 is 4.74 Å². The van der Waals surface area contributed by atoms with Gasteiger partial charge in [-0.2, -0.15) is 0 Å². The van der Waals surface area contributed by atoms with Crippen LogP contribution >= 0.6 is 0 Å². The molecule has 1 aromatic rings. The van der Waals surface area contributed by atoms with Gasteiger partial charge < -0.3 is 10.5 Å². The van der Waals surface area contributed by atoms with Crippen LogP contribution in [-0.2, 0) is 4.74 Å². The van der Waals surface area contributed by atoms with Crippen LogP contribution in [-0.4, -0.2) is 12.2 Å². The average Bonchev–Trinajstić information content (AvgIpc) is 2.30. The van der Waals surface area contributed by atoms with Crippen LogP contribution in [0.1, 0.15) is 43.4 Å². The largest absolute Gasteiger partial charge is 0.373 e. The highest BCUT2D eigenvalue weighted by molar-refractivity contribution is 5.30. The maximum atomic E-state index is 6.38. The van der Waals surface area contributed by atoms with E-state index in [1.807, 2.05) is 6.07 Å². The van der Waals surface area contributed by atoms with Crippen LogP contribution in [0, 0.1) is 6.92 Å². The number of hydrogen-bond donors (Lipinski definition) is 1. The molecule has 0 saturated carbocycles. The van der Waals surface area contributed by atoms with Crippen LogP contribution in [0.4, 0.5) is 0 Å². The number of hydrogen-bond acceptors (Lipinski definition) is 2. The van der Waals surface area contributed by atoms with Gasteiger partial charge in [0.05, 0.1) is 11.6 Å². The summed E-state index contributed by atoms with van der Waals surface area (Å²) in [5, 5.41) is 0. The summed E-state index contributed by atoms with van der Waals surface area (Å²) < 4.78 is 5.91. The lowest BCUT2D eigenvalue weighted by atomic mass is 9.83. The molecule has 1 aliphatic heterocycles. The first-order chi connectivity index (χ1) is 7.63. The average molecular weight is 219 g/mol. The first kappa shape index (κ1) is 11.6. The highest BCUT2D eigenvalue weighted by Crippen LogP contribution is 2.35. The molecule has 1 aromatic carbocycles. The molecule has 1 heterocycles. The fourth-order valence-electron chi connectivity index (χ4n) is 2.47. The SMILES string of the molecule is Cc1ccccc1C(N)C1(C)CCCCO1. The van der Waals surface area contributed by atoms with Crippen molar-refractivity contribution in [2.24, 2.45) is 5.73 Å². The lowest BCUT2D eigenvalue weighted by Crippen LogP contribution is -2.43. The highest BCUT2D eigenvalue weighted by Gasteiger charge is 2.35. The number of aryl methyl sites for hydroxylation is 1. The van der Waals surface area contributed by atoms with E-state index < -0.39 is 0 Å². The molecule has 2 N–H and O–H groups in total. The summed E-state index contributed by atoms with van der Waals surface area (Å²) in [5.74, 6) is 0. The molecule has 88 valence electrons. The van der Waals surface area contributed by atoms with Gasteiger partial charge in [-0.15, -0.1) is 0 Å². The van der Waals surface area contributed by atoms with Gasteiger partial charge in [0.2, 0.25) is 0 Å². The van der Waals surface area contributed by atoms with E-state index in [-0.39, 0.29) is 11.6 Å². The third-order valence-corrected chi connectivity index (χ3v) is 3.68. The Bertz CT molecular complexity index is 356. The fraction of sp³-hybridized carbons (Fsp3) is 0.571. The molecular weight excluding hydrogens is 198 g/mol. The van der Waals surface area contributed by atoms with E-state index in [9.17, 15) is 0 Å². The molecule has 0 aromatic heterocycles. The second kappa shape index (κ2) is 4.56. The van der Waals surface area contributed by atoms with Gasteiger partial charge in [-0.3, -0.25) is 0 Å². The van der Waals surface area contributed by atoms with Crippen molar-refractivity contribution in [3.05, 3.63) is 35.4 Å². The van der Waals surface area contributed by atoms with Crippen LogP contribution in [0.25, 0.3) is 0 Å². The molecule has 16 heavy (non-hydrogen) atoms. The first-order valence-corrected chi connectivity index (χ1v) is 6.08. The molecule has 2 nitrogen and oxygen atoms in total. The summed E-state index contributed by atoms with van der Waals surface area (Å²) in [6.07, 6.45) is 3.44. The third-order valence-electron chi connectivity index (χ3n) is 3.68. The molecule has 2 heteroatoms. The van der Waals surface area contributed by atoms with Crippen molar-refractivity contribution in [2.45, 2.75) is 44.8 Å². The topological polar surface area (TPSA) is 35.2 Å². The minimum absolute atomic E-state index is 0.0194. The van der Waals surface area contributed by atoms with Gasteiger partial charge in [0, 0.05) is 6.61 Å².